The van der Waals surface area contributed by atoms with Crippen LogP contribution in [-0.4, -0.2) is 36.9 Å². The van der Waals surface area contributed by atoms with Crippen LogP contribution in [0.1, 0.15) is 13.8 Å². The normalized spacial score (nSPS) is 14.6. The summed E-state index contributed by atoms with van der Waals surface area (Å²) in [6.45, 7) is 3.41. The summed E-state index contributed by atoms with van der Waals surface area (Å²) in [5.74, 6) is -0.195. The quantitative estimate of drug-likeness (QED) is 0.687. The number of ether oxygens (including phenoxy) is 1. The van der Waals surface area contributed by atoms with Crippen molar-refractivity contribution in [3.05, 3.63) is 12.2 Å². The molecule has 0 aliphatic rings. The summed E-state index contributed by atoms with van der Waals surface area (Å²) in [7, 11) is 1.51. The van der Waals surface area contributed by atoms with Gasteiger partial charge in [0.25, 0.3) is 0 Å². The smallest absolute Gasteiger partial charge is 0.217 e. The summed E-state index contributed by atoms with van der Waals surface area (Å²) < 4.78 is 4.84. The van der Waals surface area contributed by atoms with Crippen molar-refractivity contribution in [3.8, 4) is 0 Å². The molecular weight excluding hydrogens is 259 g/mol. The van der Waals surface area contributed by atoms with E-state index in [1.807, 2.05) is 0 Å². The Hall–Kier alpha value is 0.234. The topological polar surface area (TPSA) is 58.6 Å². The Balaban J connectivity index is 0. The fraction of sp³-hybridized carbons (Fsp3) is 0.667. The summed E-state index contributed by atoms with van der Waals surface area (Å²) >= 11 is 0. The van der Waals surface area contributed by atoms with E-state index >= 15 is 0 Å². The second-order valence-corrected chi connectivity index (χ2v) is 2.66. The van der Waals surface area contributed by atoms with Gasteiger partial charge in [0.2, 0.25) is 5.91 Å². The first-order chi connectivity index (χ1) is 6.11. The standard InChI is InChI=1S/C9H16NO3.Y/c1-4-5-9(12)8(6-13-3)10-7(2)11;/h4,8-9,12H,6H2,1-3H3,(H,10,11);/q-1;/t8-,9+;/m0./s1. The number of hydrogen-bond donors (Lipinski definition) is 2. The van der Waals surface area contributed by atoms with Gasteiger partial charge in [-0.2, -0.15) is 0 Å². The molecule has 0 spiro atoms. The van der Waals surface area contributed by atoms with Crippen LogP contribution in [0.3, 0.4) is 0 Å². The van der Waals surface area contributed by atoms with Gasteiger partial charge in [-0.15, -0.1) is 0 Å². The Morgan fingerprint density at radius 2 is 2.29 bits per heavy atom. The van der Waals surface area contributed by atoms with Crippen molar-refractivity contribution in [1.29, 1.82) is 0 Å². The molecule has 0 aliphatic carbocycles. The van der Waals surface area contributed by atoms with E-state index in [2.05, 4.69) is 11.4 Å². The van der Waals surface area contributed by atoms with Gasteiger partial charge in [0.05, 0.1) is 12.6 Å². The van der Waals surface area contributed by atoms with Crippen LogP contribution >= 0.6 is 0 Å². The van der Waals surface area contributed by atoms with Crippen LogP contribution in [0, 0.1) is 6.08 Å². The van der Waals surface area contributed by atoms with Crippen molar-refractivity contribution in [2.75, 3.05) is 13.7 Å². The average molecular weight is 275 g/mol. The van der Waals surface area contributed by atoms with Crippen molar-refractivity contribution in [2.45, 2.75) is 26.0 Å². The SMILES string of the molecule is CC=[C-][C@@H](O)[C@H](COC)NC(C)=O.[Y]. The van der Waals surface area contributed by atoms with E-state index in [-0.39, 0.29) is 45.2 Å². The molecule has 14 heavy (non-hydrogen) atoms. The van der Waals surface area contributed by atoms with E-state index in [9.17, 15) is 9.90 Å². The molecular formula is C9H16NO3Y-. The molecule has 2 atom stereocenters. The second kappa shape index (κ2) is 9.78. The van der Waals surface area contributed by atoms with E-state index in [1.54, 1.807) is 13.0 Å². The van der Waals surface area contributed by atoms with E-state index in [0.717, 1.165) is 0 Å². The summed E-state index contributed by atoms with van der Waals surface area (Å²) in [6.07, 6.45) is 3.45. The third kappa shape index (κ3) is 7.62. The maximum Gasteiger partial charge on any atom is 0.217 e. The second-order valence-electron chi connectivity index (χ2n) is 2.66. The minimum absolute atomic E-state index is 0. The van der Waals surface area contributed by atoms with Crippen molar-refractivity contribution in [3.63, 3.8) is 0 Å². The van der Waals surface area contributed by atoms with Gasteiger partial charge in [-0.05, 0) is 0 Å². The van der Waals surface area contributed by atoms with Crippen LogP contribution in [0.4, 0.5) is 0 Å². The van der Waals surface area contributed by atoms with Crippen molar-refractivity contribution < 1.29 is 47.3 Å². The fourth-order valence-electron chi connectivity index (χ4n) is 0.939. The molecule has 0 bridgehead atoms. The maximum atomic E-state index is 10.7. The number of aliphatic hydroxyl groups excluding tert-OH is 1. The summed E-state index contributed by atoms with van der Waals surface area (Å²) in [5.41, 5.74) is 0. The van der Waals surface area contributed by atoms with Crippen molar-refractivity contribution in [2.24, 2.45) is 0 Å². The average Bonchev–Trinajstić information content (AvgIpc) is 2.03. The van der Waals surface area contributed by atoms with E-state index in [4.69, 9.17) is 4.74 Å². The Morgan fingerprint density at radius 1 is 1.71 bits per heavy atom. The minimum atomic E-state index is -0.825. The number of methoxy groups -OCH3 is 1. The monoisotopic (exact) mass is 275 g/mol. The maximum absolute atomic E-state index is 10.7. The zero-order valence-electron chi connectivity index (χ0n) is 8.78. The van der Waals surface area contributed by atoms with E-state index in [1.165, 1.54) is 14.0 Å². The minimum Gasteiger partial charge on any atom is -0.469 e. The third-order valence-electron chi connectivity index (χ3n) is 1.45. The van der Waals surface area contributed by atoms with Crippen LogP contribution in [0.25, 0.3) is 0 Å². The zero-order valence-corrected chi connectivity index (χ0v) is 11.6. The van der Waals surface area contributed by atoms with Gasteiger partial charge in [-0.3, -0.25) is 10.9 Å². The molecule has 4 nitrogen and oxygen atoms in total. The first-order valence-electron chi connectivity index (χ1n) is 4.09. The molecule has 1 radical (unpaired) electrons. The molecule has 5 heteroatoms. The first-order valence-corrected chi connectivity index (χ1v) is 4.09. The molecule has 0 fully saturated rings. The van der Waals surface area contributed by atoms with Crippen molar-refractivity contribution in [1.82, 2.24) is 5.32 Å². The molecule has 79 valence electrons. The number of rotatable bonds is 5. The first kappa shape index (κ1) is 16.7. The van der Waals surface area contributed by atoms with E-state index < -0.39 is 12.1 Å². The third-order valence-corrected chi connectivity index (χ3v) is 1.45. The molecule has 0 aromatic heterocycles. The Kier molecular flexibility index (Phi) is 11.6. The van der Waals surface area contributed by atoms with Crippen molar-refractivity contribution >= 4 is 5.91 Å². The number of carbonyl (C=O) groups excluding carboxylic acids is 1. The molecule has 0 rings (SSSR count). The number of hydrogen-bond acceptors (Lipinski definition) is 3. The summed E-state index contributed by atoms with van der Waals surface area (Å²) in [6, 6.07) is -0.432. The van der Waals surface area contributed by atoms with Gasteiger partial charge in [-0.25, -0.2) is 0 Å². The van der Waals surface area contributed by atoms with Gasteiger partial charge in [0, 0.05) is 46.7 Å². The number of nitrogens with one attached hydrogen (secondary N) is 1. The molecule has 0 saturated carbocycles. The number of amides is 1. The fourth-order valence-corrected chi connectivity index (χ4v) is 0.939. The number of aliphatic hydroxyl groups is 1. The van der Waals surface area contributed by atoms with Gasteiger partial charge in [0.1, 0.15) is 0 Å². The summed E-state index contributed by atoms with van der Waals surface area (Å²) in [5, 5.41) is 12.0. The number of allylic oxidation sites excluding steroid dienone is 1. The predicted octanol–water partition coefficient (Wildman–Crippen LogP) is -0.125. The van der Waals surface area contributed by atoms with Gasteiger partial charge < -0.3 is 21.2 Å². The van der Waals surface area contributed by atoms with Crippen LogP contribution in [0.5, 0.6) is 0 Å². The van der Waals surface area contributed by atoms with E-state index in [0.29, 0.717) is 0 Å². The van der Waals surface area contributed by atoms with Gasteiger partial charge >= 0.3 is 0 Å². The molecule has 1 amide bonds. The van der Waals surface area contributed by atoms with Gasteiger partial charge in [0.15, 0.2) is 0 Å². The molecule has 0 aliphatic heterocycles. The molecule has 0 aromatic carbocycles. The molecule has 0 heterocycles. The molecule has 0 unspecified atom stereocenters. The van der Waals surface area contributed by atoms with Crippen LogP contribution in [-0.2, 0) is 42.2 Å². The number of carbonyl (C=O) groups is 1. The molecule has 2 N–H and O–H groups in total. The Labute approximate surface area is 110 Å². The van der Waals surface area contributed by atoms with Crippen LogP contribution in [0.15, 0.2) is 6.08 Å². The predicted molar refractivity (Wildman–Crippen MR) is 49.0 cm³/mol. The summed E-state index contributed by atoms with van der Waals surface area (Å²) in [4.78, 5) is 10.7. The largest absolute Gasteiger partial charge is 0.469 e. The zero-order chi connectivity index (χ0) is 10.3. The molecule has 0 saturated heterocycles. The van der Waals surface area contributed by atoms with Crippen LogP contribution in [0.2, 0.25) is 0 Å². The molecule has 0 aromatic rings. The Morgan fingerprint density at radius 3 is 2.64 bits per heavy atom. The Bertz CT molecular complexity index is 185. The van der Waals surface area contributed by atoms with Gasteiger partial charge in [-0.1, -0.05) is 13.0 Å². The van der Waals surface area contributed by atoms with Crippen LogP contribution < -0.4 is 5.32 Å².